The lowest BCUT2D eigenvalue weighted by Gasteiger charge is -2.24. The molecule has 0 radical (unpaired) electrons. The lowest BCUT2D eigenvalue weighted by molar-refractivity contribution is -0.488. The summed E-state index contributed by atoms with van der Waals surface area (Å²) in [6, 6.07) is 14.3. The standard InChI is InChI=1S/C34H38N7O2/c1-7-26-17-24(12-14-40(26)34(42)23(5)21(2)3)28-13-15-41-32(28)33(35-19-37-41)38-25-8-11-31(22(4)16-25)43-27-9-10-30-29(18-27)36-20-39(30)6/h8-11,13-16,18-20,24,26H,7,12,17H2,1-6H3,(H,35,37,38)/q+1. The molecule has 0 saturated heterocycles. The second kappa shape index (κ2) is 11.5. The third-order valence-electron chi connectivity index (χ3n) is 8.60. The number of anilines is 2. The number of benzene rings is 2. The normalized spacial score (nSPS) is 16.7. The maximum atomic E-state index is 13.2. The number of hydrogen-bond acceptors (Lipinski definition) is 6. The highest BCUT2D eigenvalue weighted by molar-refractivity contribution is 5.89. The summed E-state index contributed by atoms with van der Waals surface area (Å²) in [7, 11) is 1.98. The summed E-state index contributed by atoms with van der Waals surface area (Å²) in [5.74, 6) is 2.64. The van der Waals surface area contributed by atoms with Crippen molar-refractivity contribution in [2.75, 3.05) is 5.32 Å². The van der Waals surface area contributed by atoms with E-state index in [1.165, 1.54) is 5.56 Å². The van der Waals surface area contributed by atoms with Crippen molar-refractivity contribution < 1.29 is 14.1 Å². The van der Waals surface area contributed by atoms with E-state index in [2.05, 4.69) is 45.7 Å². The van der Waals surface area contributed by atoms with Gasteiger partial charge in [-0.25, -0.2) is 19.3 Å². The van der Waals surface area contributed by atoms with E-state index < -0.39 is 0 Å². The van der Waals surface area contributed by atoms with E-state index in [0.29, 0.717) is 0 Å². The van der Waals surface area contributed by atoms with Crippen molar-refractivity contribution in [3.05, 3.63) is 83.6 Å². The van der Waals surface area contributed by atoms with Gasteiger partial charge in [0.25, 0.3) is 0 Å². The highest BCUT2D eigenvalue weighted by Gasteiger charge is 2.36. The van der Waals surface area contributed by atoms with Crippen molar-refractivity contribution in [3.8, 4) is 11.5 Å². The predicted molar refractivity (Wildman–Crippen MR) is 170 cm³/mol. The lowest BCUT2D eigenvalue weighted by Crippen LogP contribution is -2.38. The van der Waals surface area contributed by atoms with Crippen LogP contribution in [0.2, 0.25) is 0 Å². The zero-order chi connectivity index (χ0) is 30.2. The van der Waals surface area contributed by atoms with E-state index in [0.717, 1.165) is 75.5 Å². The molecule has 2 aromatic carbocycles. The summed E-state index contributed by atoms with van der Waals surface area (Å²) >= 11 is 0. The van der Waals surface area contributed by atoms with Crippen molar-refractivity contribution >= 4 is 40.2 Å². The first kappa shape index (κ1) is 28.3. The number of nitrogens with zero attached hydrogens (tertiary/aromatic N) is 6. The molecule has 1 aliphatic rings. The van der Waals surface area contributed by atoms with E-state index in [1.54, 1.807) is 12.7 Å². The molecule has 220 valence electrons. The van der Waals surface area contributed by atoms with Crippen LogP contribution in [0.25, 0.3) is 16.6 Å². The number of ether oxygens (including phenoxy) is 1. The molecule has 0 fully saturated rings. The molecule has 4 heterocycles. The summed E-state index contributed by atoms with van der Waals surface area (Å²) in [6.45, 7) is 10.1. The van der Waals surface area contributed by atoms with Gasteiger partial charge in [-0.15, -0.1) is 0 Å². The fraction of sp³-hybridized carbons (Fsp3) is 0.324. The molecule has 3 aromatic heterocycles. The van der Waals surface area contributed by atoms with E-state index in [-0.39, 0.29) is 17.9 Å². The van der Waals surface area contributed by atoms with Gasteiger partial charge in [0, 0.05) is 50.2 Å². The molecule has 0 spiro atoms. The first-order valence-corrected chi connectivity index (χ1v) is 14.8. The Kier molecular flexibility index (Phi) is 7.56. The average molecular weight is 577 g/mol. The topological polar surface area (TPSA) is 89.4 Å². The highest BCUT2D eigenvalue weighted by atomic mass is 16.5. The van der Waals surface area contributed by atoms with Crippen molar-refractivity contribution in [1.29, 1.82) is 0 Å². The molecular formula is C34H38N7O2+. The highest BCUT2D eigenvalue weighted by Crippen LogP contribution is 2.36. The number of carbonyl (C=O) groups excluding carboxylic acids is 1. The summed E-state index contributed by atoms with van der Waals surface area (Å²) in [5, 5.41) is 8.01. The van der Waals surface area contributed by atoms with Gasteiger partial charge < -0.3 is 14.6 Å². The molecule has 9 nitrogen and oxygen atoms in total. The molecule has 1 aliphatic heterocycles. The molecule has 0 aliphatic carbocycles. The van der Waals surface area contributed by atoms with E-state index in [9.17, 15) is 4.79 Å². The molecule has 0 saturated carbocycles. The summed E-state index contributed by atoms with van der Waals surface area (Å²) in [6.07, 6.45) is 10.0. The van der Waals surface area contributed by atoms with Crippen LogP contribution >= 0.6 is 0 Å². The van der Waals surface area contributed by atoms with Crippen molar-refractivity contribution in [3.63, 3.8) is 0 Å². The number of hydrogen-bond donors (Lipinski definition) is 1. The third kappa shape index (κ3) is 5.43. The molecular weight excluding hydrogens is 538 g/mol. The van der Waals surface area contributed by atoms with Crippen LogP contribution in [0.3, 0.4) is 0 Å². The van der Waals surface area contributed by atoms with Crippen molar-refractivity contribution in [2.24, 2.45) is 7.05 Å². The van der Waals surface area contributed by atoms with Gasteiger partial charge in [-0.1, -0.05) is 12.5 Å². The second-order valence-corrected chi connectivity index (χ2v) is 11.6. The summed E-state index contributed by atoms with van der Waals surface area (Å²) < 4.78 is 12.0. The Morgan fingerprint density at radius 2 is 1.95 bits per heavy atom. The molecule has 6 rings (SSSR count). The number of rotatable bonds is 7. The molecule has 2 unspecified atom stereocenters. The van der Waals surface area contributed by atoms with E-state index >= 15 is 0 Å². The van der Waals surface area contributed by atoms with E-state index in [1.807, 2.05) is 84.9 Å². The monoisotopic (exact) mass is 576 g/mol. The predicted octanol–water partition coefficient (Wildman–Crippen LogP) is 7.08. The summed E-state index contributed by atoms with van der Waals surface area (Å²) in [5.41, 5.74) is 7.89. The zero-order valence-electron chi connectivity index (χ0n) is 25.6. The van der Waals surface area contributed by atoms with Gasteiger partial charge in [0.1, 0.15) is 29.6 Å². The average Bonchev–Trinajstić information content (AvgIpc) is 3.61. The molecule has 5 aromatic rings. The van der Waals surface area contributed by atoms with Gasteiger partial charge in [0.05, 0.1) is 22.9 Å². The SMILES string of the molecule is CCC1CC(c2ccn3ncnc(Nc4ccc(Oc5ccc6c(c5)ncn6C)c(C)c4)c23)CC=[N+]1C(=O)C(C)=C(C)C. The molecule has 1 amide bonds. The van der Waals surface area contributed by atoms with Gasteiger partial charge in [-0.3, -0.25) is 0 Å². The number of amides is 1. The number of aromatic nitrogens is 5. The fourth-order valence-corrected chi connectivity index (χ4v) is 5.89. The lowest BCUT2D eigenvalue weighted by atomic mass is 9.86. The van der Waals surface area contributed by atoms with Crippen LogP contribution in [0.1, 0.15) is 64.0 Å². The Morgan fingerprint density at radius 3 is 2.72 bits per heavy atom. The van der Waals surface area contributed by atoms with Gasteiger partial charge in [-0.2, -0.15) is 9.67 Å². The van der Waals surface area contributed by atoms with Gasteiger partial charge in [-0.05, 0) is 75.2 Å². The minimum absolute atomic E-state index is 0.109. The van der Waals surface area contributed by atoms with Gasteiger partial charge in [0.2, 0.25) is 0 Å². The maximum Gasteiger partial charge on any atom is 0.414 e. The van der Waals surface area contributed by atoms with Gasteiger partial charge >= 0.3 is 5.91 Å². The van der Waals surface area contributed by atoms with Crippen LogP contribution < -0.4 is 10.1 Å². The van der Waals surface area contributed by atoms with Crippen LogP contribution in [-0.2, 0) is 11.8 Å². The van der Waals surface area contributed by atoms with E-state index in [4.69, 9.17) is 4.74 Å². The van der Waals surface area contributed by atoms with Crippen LogP contribution in [-0.4, -0.2) is 46.9 Å². The van der Waals surface area contributed by atoms with Crippen molar-refractivity contribution in [1.82, 2.24) is 24.1 Å². The minimum Gasteiger partial charge on any atom is -0.457 e. The third-order valence-corrected chi connectivity index (χ3v) is 8.60. The van der Waals surface area contributed by atoms with Gasteiger partial charge in [0.15, 0.2) is 11.9 Å². The van der Waals surface area contributed by atoms with Crippen LogP contribution in [0.15, 0.2) is 72.5 Å². The van der Waals surface area contributed by atoms with Crippen LogP contribution in [0.5, 0.6) is 11.5 Å². The number of carbonyl (C=O) groups is 1. The fourth-order valence-electron chi connectivity index (χ4n) is 5.89. The number of allylic oxidation sites excluding steroid dienone is 1. The number of imidazole rings is 1. The number of fused-ring (bicyclic) bond motifs is 2. The van der Waals surface area contributed by atoms with Crippen LogP contribution in [0.4, 0.5) is 11.5 Å². The Balaban J connectivity index is 1.25. The largest absolute Gasteiger partial charge is 0.457 e. The Hall–Kier alpha value is -4.79. The Labute approximate surface area is 251 Å². The first-order chi connectivity index (χ1) is 20.7. The molecule has 43 heavy (non-hydrogen) atoms. The Bertz CT molecular complexity index is 1910. The minimum atomic E-state index is 0.109. The molecule has 0 bridgehead atoms. The number of nitrogens with one attached hydrogen (secondary N) is 1. The van der Waals surface area contributed by atoms with Crippen LogP contribution in [0, 0.1) is 6.92 Å². The second-order valence-electron chi connectivity index (χ2n) is 11.6. The summed E-state index contributed by atoms with van der Waals surface area (Å²) in [4.78, 5) is 22.2. The van der Waals surface area contributed by atoms with Crippen molar-refractivity contribution in [2.45, 2.75) is 65.8 Å². The first-order valence-electron chi connectivity index (χ1n) is 14.8. The molecule has 9 heteroatoms. The zero-order valence-corrected chi connectivity index (χ0v) is 25.6. The number of aryl methyl sites for hydroxylation is 2. The Morgan fingerprint density at radius 1 is 1.12 bits per heavy atom. The molecule has 1 N–H and O–H groups in total. The maximum absolute atomic E-state index is 13.2. The quantitative estimate of drug-likeness (QED) is 0.164. The smallest absolute Gasteiger partial charge is 0.414 e. The molecule has 2 atom stereocenters.